The molecule has 2 N–H and O–H groups in total. The average molecular weight is 328 g/mol. The van der Waals surface area contributed by atoms with Crippen molar-refractivity contribution in [1.82, 2.24) is 9.78 Å². The molecule has 3 rings (SSSR count). The van der Waals surface area contributed by atoms with Gasteiger partial charge in [0.25, 0.3) is 0 Å². The summed E-state index contributed by atoms with van der Waals surface area (Å²) >= 11 is 13.3. The van der Waals surface area contributed by atoms with Crippen LogP contribution < -0.4 is 5.73 Å². The van der Waals surface area contributed by atoms with E-state index in [4.69, 9.17) is 28.9 Å². The standard InChI is InChI=1S/C13H8Cl2FN3S/c14-11-5-9(13(15)20-11)12-10(17)6-19(18-12)8-3-1-2-7(16)4-8/h1-6H,17H2. The molecular weight excluding hydrogens is 320 g/mol. The first-order valence-corrected chi connectivity index (χ1v) is 7.18. The molecule has 1 aromatic carbocycles. The molecule has 0 bridgehead atoms. The van der Waals surface area contributed by atoms with Crippen LogP contribution in [0.5, 0.6) is 0 Å². The van der Waals surface area contributed by atoms with Gasteiger partial charge in [0.05, 0.1) is 21.9 Å². The van der Waals surface area contributed by atoms with Crippen molar-refractivity contribution >= 4 is 40.2 Å². The second-order valence-electron chi connectivity index (χ2n) is 4.10. The van der Waals surface area contributed by atoms with Crippen molar-refractivity contribution in [1.29, 1.82) is 0 Å². The molecule has 0 radical (unpaired) electrons. The first-order valence-electron chi connectivity index (χ1n) is 5.61. The molecule has 3 nitrogen and oxygen atoms in total. The number of anilines is 1. The van der Waals surface area contributed by atoms with E-state index >= 15 is 0 Å². The van der Waals surface area contributed by atoms with Crippen LogP contribution >= 0.6 is 34.5 Å². The second-order valence-corrected chi connectivity index (χ2v) is 6.38. The van der Waals surface area contributed by atoms with Gasteiger partial charge in [0.15, 0.2) is 0 Å². The molecule has 3 aromatic rings. The number of hydrogen-bond donors (Lipinski definition) is 1. The molecule has 102 valence electrons. The van der Waals surface area contributed by atoms with E-state index in [9.17, 15) is 4.39 Å². The van der Waals surface area contributed by atoms with E-state index in [1.165, 1.54) is 28.2 Å². The lowest BCUT2D eigenvalue weighted by molar-refractivity contribution is 0.625. The minimum atomic E-state index is -0.338. The zero-order valence-corrected chi connectivity index (χ0v) is 12.3. The summed E-state index contributed by atoms with van der Waals surface area (Å²) in [7, 11) is 0. The summed E-state index contributed by atoms with van der Waals surface area (Å²) in [4.78, 5) is 0. The monoisotopic (exact) mass is 327 g/mol. The minimum Gasteiger partial charge on any atom is -0.396 e. The normalized spacial score (nSPS) is 10.9. The SMILES string of the molecule is Nc1cn(-c2cccc(F)c2)nc1-c1cc(Cl)sc1Cl. The lowest BCUT2D eigenvalue weighted by Gasteiger charge is -2.00. The Morgan fingerprint density at radius 3 is 2.70 bits per heavy atom. The molecule has 0 unspecified atom stereocenters. The summed E-state index contributed by atoms with van der Waals surface area (Å²) in [6, 6.07) is 7.80. The third-order valence-electron chi connectivity index (χ3n) is 2.73. The summed E-state index contributed by atoms with van der Waals surface area (Å²) in [6.45, 7) is 0. The fraction of sp³-hybridized carbons (Fsp3) is 0. The Kier molecular flexibility index (Phi) is 3.41. The largest absolute Gasteiger partial charge is 0.396 e. The molecule has 0 saturated heterocycles. The number of nitrogen functional groups attached to an aromatic ring is 1. The van der Waals surface area contributed by atoms with Crippen molar-refractivity contribution in [2.45, 2.75) is 0 Å². The highest BCUT2D eigenvalue weighted by atomic mass is 35.5. The van der Waals surface area contributed by atoms with E-state index in [-0.39, 0.29) is 5.82 Å². The van der Waals surface area contributed by atoms with Crippen molar-refractivity contribution in [2.24, 2.45) is 0 Å². The Balaban J connectivity index is 2.10. The van der Waals surface area contributed by atoms with Gasteiger partial charge in [0, 0.05) is 5.56 Å². The lowest BCUT2D eigenvalue weighted by atomic mass is 10.2. The molecule has 0 aliphatic carbocycles. The van der Waals surface area contributed by atoms with Gasteiger partial charge in [-0.3, -0.25) is 0 Å². The van der Waals surface area contributed by atoms with E-state index in [1.54, 1.807) is 24.4 Å². The Hall–Kier alpha value is -1.56. The highest BCUT2D eigenvalue weighted by molar-refractivity contribution is 7.20. The Bertz CT molecular complexity index is 782. The molecule has 0 aliphatic rings. The Morgan fingerprint density at radius 1 is 1.25 bits per heavy atom. The molecule has 0 spiro atoms. The highest BCUT2D eigenvalue weighted by Crippen LogP contribution is 2.39. The smallest absolute Gasteiger partial charge is 0.125 e. The maximum Gasteiger partial charge on any atom is 0.125 e. The Labute approximate surface area is 128 Å². The lowest BCUT2D eigenvalue weighted by Crippen LogP contribution is -1.95. The van der Waals surface area contributed by atoms with Gasteiger partial charge in [0.1, 0.15) is 15.8 Å². The van der Waals surface area contributed by atoms with Crippen LogP contribution in [0.25, 0.3) is 16.9 Å². The van der Waals surface area contributed by atoms with Crippen molar-refractivity contribution in [3.8, 4) is 16.9 Å². The van der Waals surface area contributed by atoms with Crippen molar-refractivity contribution in [3.05, 3.63) is 51.0 Å². The minimum absolute atomic E-state index is 0.338. The third kappa shape index (κ3) is 2.40. The molecule has 0 fully saturated rings. The van der Waals surface area contributed by atoms with E-state index in [0.29, 0.717) is 31.3 Å². The maximum atomic E-state index is 13.2. The van der Waals surface area contributed by atoms with E-state index in [0.717, 1.165) is 0 Å². The molecular formula is C13H8Cl2FN3S. The molecule has 7 heteroatoms. The molecule has 0 amide bonds. The number of hydrogen-bond acceptors (Lipinski definition) is 3. The second kappa shape index (κ2) is 5.09. The van der Waals surface area contributed by atoms with Gasteiger partial charge in [-0.05, 0) is 24.3 Å². The van der Waals surface area contributed by atoms with Crippen LogP contribution in [-0.4, -0.2) is 9.78 Å². The summed E-state index contributed by atoms with van der Waals surface area (Å²) in [5, 5.41) is 4.35. The fourth-order valence-electron chi connectivity index (χ4n) is 1.85. The van der Waals surface area contributed by atoms with Crippen LogP contribution in [0.2, 0.25) is 8.67 Å². The molecule has 2 heterocycles. The van der Waals surface area contributed by atoms with Crippen LogP contribution in [-0.2, 0) is 0 Å². The Morgan fingerprint density at radius 2 is 2.05 bits per heavy atom. The number of aromatic nitrogens is 2. The zero-order valence-electron chi connectivity index (χ0n) is 9.98. The van der Waals surface area contributed by atoms with Crippen molar-refractivity contribution in [2.75, 3.05) is 5.73 Å². The first kappa shape index (κ1) is 13.4. The molecule has 0 saturated carbocycles. The third-order valence-corrected chi connectivity index (χ3v) is 4.21. The van der Waals surface area contributed by atoms with Crippen LogP contribution in [0, 0.1) is 5.82 Å². The van der Waals surface area contributed by atoms with Crippen LogP contribution in [0.15, 0.2) is 36.5 Å². The summed E-state index contributed by atoms with van der Waals surface area (Å²) in [5.41, 5.74) is 8.19. The van der Waals surface area contributed by atoms with Crippen LogP contribution in [0.3, 0.4) is 0 Å². The summed E-state index contributed by atoms with van der Waals surface area (Å²) < 4.78 is 15.8. The van der Waals surface area contributed by atoms with Gasteiger partial charge in [-0.15, -0.1) is 11.3 Å². The number of benzene rings is 1. The van der Waals surface area contributed by atoms with Gasteiger partial charge in [0.2, 0.25) is 0 Å². The number of rotatable bonds is 2. The summed E-state index contributed by atoms with van der Waals surface area (Å²) in [5.74, 6) is -0.338. The number of nitrogens with two attached hydrogens (primary N) is 1. The predicted molar refractivity (Wildman–Crippen MR) is 81.3 cm³/mol. The fourth-order valence-corrected chi connectivity index (χ4v) is 3.32. The molecule has 0 atom stereocenters. The first-order chi connectivity index (χ1) is 9.54. The highest BCUT2D eigenvalue weighted by Gasteiger charge is 2.15. The summed E-state index contributed by atoms with van der Waals surface area (Å²) in [6.07, 6.45) is 1.62. The average Bonchev–Trinajstić information content (AvgIpc) is 2.92. The van der Waals surface area contributed by atoms with Crippen LogP contribution in [0.4, 0.5) is 10.1 Å². The van der Waals surface area contributed by atoms with E-state index in [1.807, 2.05) is 0 Å². The topological polar surface area (TPSA) is 43.8 Å². The van der Waals surface area contributed by atoms with Gasteiger partial charge < -0.3 is 5.73 Å². The predicted octanol–water partition coefficient (Wildman–Crippen LogP) is 4.63. The van der Waals surface area contributed by atoms with Gasteiger partial charge in [-0.25, -0.2) is 9.07 Å². The van der Waals surface area contributed by atoms with Crippen molar-refractivity contribution in [3.63, 3.8) is 0 Å². The maximum absolute atomic E-state index is 13.2. The zero-order chi connectivity index (χ0) is 14.3. The van der Waals surface area contributed by atoms with Crippen LogP contribution in [0.1, 0.15) is 0 Å². The van der Waals surface area contributed by atoms with Gasteiger partial charge in [-0.1, -0.05) is 29.3 Å². The van der Waals surface area contributed by atoms with Crippen molar-refractivity contribution < 1.29 is 4.39 Å². The van der Waals surface area contributed by atoms with Gasteiger partial charge in [-0.2, -0.15) is 5.10 Å². The molecule has 2 aromatic heterocycles. The number of halogens is 3. The quantitative estimate of drug-likeness (QED) is 0.745. The van der Waals surface area contributed by atoms with Gasteiger partial charge >= 0.3 is 0 Å². The number of thiophene rings is 1. The molecule has 0 aliphatic heterocycles. The van der Waals surface area contributed by atoms with E-state index in [2.05, 4.69) is 5.10 Å². The number of nitrogens with zero attached hydrogens (tertiary/aromatic N) is 2. The van der Waals surface area contributed by atoms with E-state index < -0.39 is 0 Å². The molecule has 20 heavy (non-hydrogen) atoms.